The second-order valence-electron chi connectivity index (χ2n) is 5.35. The van der Waals surface area contributed by atoms with Gasteiger partial charge in [-0.05, 0) is 30.3 Å². The molecule has 0 unspecified atom stereocenters. The highest BCUT2D eigenvalue weighted by atomic mass is 35.5. The van der Waals surface area contributed by atoms with Gasteiger partial charge in [0.25, 0.3) is 5.91 Å². The monoisotopic (exact) mass is 336 g/mol. The summed E-state index contributed by atoms with van der Waals surface area (Å²) in [5, 5.41) is 0.103. The van der Waals surface area contributed by atoms with Crippen LogP contribution in [0.3, 0.4) is 0 Å². The van der Waals surface area contributed by atoms with Gasteiger partial charge in [0.1, 0.15) is 11.6 Å². The molecule has 0 spiro atoms. The molecule has 6 heteroatoms. The molecule has 1 fully saturated rings. The Hall–Kier alpha value is -2.14. The van der Waals surface area contributed by atoms with Crippen molar-refractivity contribution in [2.75, 3.05) is 31.1 Å². The van der Waals surface area contributed by atoms with Crippen LogP contribution in [0.1, 0.15) is 10.4 Å². The fourth-order valence-corrected chi connectivity index (χ4v) is 2.94. The molecule has 0 saturated carbocycles. The molecular weight excluding hydrogens is 322 g/mol. The van der Waals surface area contributed by atoms with Gasteiger partial charge < -0.3 is 9.80 Å². The van der Waals surface area contributed by atoms with E-state index in [9.17, 15) is 13.6 Å². The average molecular weight is 337 g/mol. The molecular formula is C17H15ClF2N2O. The Morgan fingerprint density at radius 2 is 1.70 bits per heavy atom. The molecule has 1 aliphatic rings. The lowest BCUT2D eigenvalue weighted by molar-refractivity contribution is 0.0747. The van der Waals surface area contributed by atoms with Gasteiger partial charge in [-0.15, -0.1) is 0 Å². The molecule has 1 aliphatic heterocycles. The van der Waals surface area contributed by atoms with Crippen molar-refractivity contribution in [3.05, 3.63) is 64.7 Å². The number of nitrogens with zero attached hydrogens (tertiary/aromatic N) is 2. The summed E-state index contributed by atoms with van der Waals surface area (Å²) in [4.78, 5) is 16.0. The average Bonchev–Trinajstić information content (AvgIpc) is 2.55. The lowest BCUT2D eigenvalue weighted by Gasteiger charge is -2.36. The second-order valence-corrected chi connectivity index (χ2v) is 5.76. The summed E-state index contributed by atoms with van der Waals surface area (Å²) < 4.78 is 26.9. The summed E-state index contributed by atoms with van der Waals surface area (Å²) in [7, 11) is 0. The summed E-state index contributed by atoms with van der Waals surface area (Å²) in [6.45, 7) is 1.98. The fraction of sp³-hybridized carbons (Fsp3) is 0.235. The molecule has 2 aromatic rings. The number of para-hydroxylation sites is 1. The second kappa shape index (κ2) is 6.54. The lowest BCUT2D eigenvalue weighted by atomic mass is 10.1. The van der Waals surface area contributed by atoms with Crippen LogP contribution in [-0.4, -0.2) is 37.0 Å². The summed E-state index contributed by atoms with van der Waals surface area (Å²) in [5.74, 6) is -0.979. The first-order valence-electron chi connectivity index (χ1n) is 7.30. The minimum absolute atomic E-state index is 0.103. The van der Waals surface area contributed by atoms with Crippen molar-refractivity contribution in [3.8, 4) is 0 Å². The van der Waals surface area contributed by atoms with Gasteiger partial charge in [0, 0.05) is 26.2 Å². The molecule has 2 aromatic carbocycles. The van der Waals surface area contributed by atoms with Crippen LogP contribution in [0.5, 0.6) is 0 Å². The van der Waals surface area contributed by atoms with Gasteiger partial charge in [0.05, 0.1) is 16.3 Å². The largest absolute Gasteiger partial charge is 0.366 e. The van der Waals surface area contributed by atoms with Crippen LogP contribution >= 0.6 is 11.6 Å². The Morgan fingerprint density at radius 1 is 1.00 bits per heavy atom. The van der Waals surface area contributed by atoms with Gasteiger partial charge in [-0.2, -0.15) is 0 Å². The van der Waals surface area contributed by atoms with Crippen LogP contribution < -0.4 is 4.90 Å². The Kier molecular flexibility index (Phi) is 4.48. The molecule has 120 valence electrons. The molecule has 23 heavy (non-hydrogen) atoms. The van der Waals surface area contributed by atoms with E-state index in [1.807, 2.05) is 4.90 Å². The maximum absolute atomic E-state index is 13.8. The summed E-state index contributed by atoms with van der Waals surface area (Å²) >= 11 is 5.94. The lowest BCUT2D eigenvalue weighted by Crippen LogP contribution is -2.49. The van der Waals surface area contributed by atoms with Crippen molar-refractivity contribution in [2.24, 2.45) is 0 Å². The molecule has 3 rings (SSSR count). The third-order valence-corrected chi connectivity index (χ3v) is 4.23. The van der Waals surface area contributed by atoms with Crippen molar-refractivity contribution < 1.29 is 13.6 Å². The Morgan fingerprint density at radius 3 is 2.35 bits per heavy atom. The number of hydrogen-bond donors (Lipinski definition) is 0. The van der Waals surface area contributed by atoms with Gasteiger partial charge in [-0.3, -0.25) is 4.79 Å². The number of amides is 1. The van der Waals surface area contributed by atoms with E-state index in [1.165, 1.54) is 18.2 Å². The van der Waals surface area contributed by atoms with E-state index in [0.717, 1.165) is 6.07 Å². The number of carbonyl (C=O) groups excluding carboxylic acids is 1. The zero-order valence-electron chi connectivity index (χ0n) is 12.3. The molecule has 0 bridgehead atoms. The minimum Gasteiger partial charge on any atom is -0.366 e. The van der Waals surface area contributed by atoms with E-state index < -0.39 is 5.82 Å². The van der Waals surface area contributed by atoms with E-state index in [1.54, 1.807) is 23.1 Å². The first-order chi connectivity index (χ1) is 11.1. The molecule has 0 aliphatic carbocycles. The van der Waals surface area contributed by atoms with Crippen LogP contribution in [0.2, 0.25) is 5.02 Å². The van der Waals surface area contributed by atoms with Gasteiger partial charge >= 0.3 is 0 Å². The topological polar surface area (TPSA) is 23.6 Å². The van der Waals surface area contributed by atoms with Gasteiger partial charge in [0.2, 0.25) is 0 Å². The number of piperazine rings is 1. The molecule has 0 aromatic heterocycles. The van der Waals surface area contributed by atoms with Crippen LogP contribution in [0.15, 0.2) is 42.5 Å². The first kappa shape index (κ1) is 15.7. The number of hydrogen-bond acceptors (Lipinski definition) is 2. The third kappa shape index (κ3) is 3.29. The van der Waals surface area contributed by atoms with E-state index in [0.29, 0.717) is 31.9 Å². The number of rotatable bonds is 2. The van der Waals surface area contributed by atoms with Crippen molar-refractivity contribution in [1.29, 1.82) is 0 Å². The summed E-state index contributed by atoms with van der Waals surface area (Å²) in [6, 6.07) is 10.3. The maximum atomic E-state index is 13.8. The molecule has 1 amide bonds. The van der Waals surface area contributed by atoms with Gasteiger partial charge in [0.15, 0.2) is 0 Å². The summed E-state index contributed by atoms with van der Waals surface area (Å²) in [6.07, 6.45) is 0. The zero-order valence-corrected chi connectivity index (χ0v) is 13.1. The van der Waals surface area contributed by atoms with Crippen molar-refractivity contribution in [1.82, 2.24) is 4.90 Å². The number of anilines is 1. The Labute approximate surface area is 138 Å². The molecule has 3 nitrogen and oxygen atoms in total. The maximum Gasteiger partial charge on any atom is 0.255 e. The normalized spacial score (nSPS) is 14.9. The van der Waals surface area contributed by atoms with E-state index >= 15 is 0 Å². The highest BCUT2D eigenvalue weighted by Crippen LogP contribution is 2.23. The third-order valence-electron chi connectivity index (χ3n) is 3.92. The van der Waals surface area contributed by atoms with Crippen LogP contribution in [0.25, 0.3) is 0 Å². The van der Waals surface area contributed by atoms with Crippen molar-refractivity contribution >= 4 is 23.2 Å². The fourth-order valence-electron chi connectivity index (χ4n) is 2.69. The predicted octanol–water partition coefficient (Wildman–Crippen LogP) is 3.58. The molecule has 1 heterocycles. The molecule has 0 radical (unpaired) electrons. The number of benzene rings is 2. The number of halogens is 3. The summed E-state index contributed by atoms with van der Waals surface area (Å²) in [5.41, 5.74) is 0.826. The first-order valence-corrected chi connectivity index (χ1v) is 7.68. The molecule has 0 atom stereocenters. The number of carbonyl (C=O) groups is 1. The Balaban J connectivity index is 1.69. The van der Waals surface area contributed by atoms with E-state index in [4.69, 9.17) is 11.6 Å². The van der Waals surface area contributed by atoms with Crippen LogP contribution in [0, 0.1) is 11.6 Å². The highest BCUT2D eigenvalue weighted by molar-refractivity contribution is 6.33. The van der Waals surface area contributed by atoms with Crippen molar-refractivity contribution in [3.63, 3.8) is 0 Å². The molecule has 1 saturated heterocycles. The molecule has 0 N–H and O–H groups in total. The predicted molar refractivity (Wildman–Crippen MR) is 85.9 cm³/mol. The van der Waals surface area contributed by atoms with Gasteiger partial charge in [-0.1, -0.05) is 23.7 Å². The standard InChI is InChI=1S/C17H15ClF2N2O/c18-14-11-12(19)5-6-13(14)17(23)22-9-7-21(8-10-22)16-4-2-1-3-15(16)20/h1-6,11H,7-10H2. The highest BCUT2D eigenvalue weighted by Gasteiger charge is 2.24. The smallest absolute Gasteiger partial charge is 0.255 e. The zero-order chi connectivity index (χ0) is 16.4. The van der Waals surface area contributed by atoms with E-state index in [-0.39, 0.29) is 22.3 Å². The van der Waals surface area contributed by atoms with Crippen LogP contribution in [0.4, 0.5) is 14.5 Å². The van der Waals surface area contributed by atoms with Crippen LogP contribution in [-0.2, 0) is 0 Å². The minimum atomic E-state index is -0.476. The van der Waals surface area contributed by atoms with Crippen molar-refractivity contribution in [2.45, 2.75) is 0 Å². The SMILES string of the molecule is O=C(c1ccc(F)cc1Cl)N1CCN(c2ccccc2F)CC1. The van der Waals surface area contributed by atoms with E-state index in [2.05, 4.69) is 0 Å². The Bertz CT molecular complexity index is 730. The quantitative estimate of drug-likeness (QED) is 0.837. The van der Waals surface area contributed by atoms with Gasteiger partial charge in [-0.25, -0.2) is 8.78 Å².